The molecular weight excluding hydrogens is 271 g/mol. The standard InChI is InChI=1S/C16H17FN2O2/c17-13-6-4-12(5-7-13)15(20)9-19-10-18-14(8-16(19)21)11-2-1-3-11/h4-8,10-11,15,20H,1-3,9H2. The Labute approximate surface area is 121 Å². The lowest BCUT2D eigenvalue weighted by molar-refractivity contribution is 0.154. The first-order chi connectivity index (χ1) is 10.1. The van der Waals surface area contributed by atoms with Crippen molar-refractivity contribution < 1.29 is 9.50 Å². The minimum Gasteiger partial charge on any atom is -0.387 e. The van der Waals surface area contributed by atoms with E-state index in [1.54, 1.807) is 6.07 Å². The van der Waals surface area contributed by atoms with Crippen molar-refractivity contribution in [1.82, 2.24) is 9.55 Å². The number of aliphatic hydroxyl groups excluding tert-OH is 1. The lowest BCUT2D eigenvalue weighted by Gasteiger charge is -2.24. The monoisotopic (exact) mass is 288 g/mol. The Bertz CT molecular complexity index is 677. The molecule has 1 unspecified atom stereocenters. The van der Waals surface area contributed by atoms with Gasteiger partial charge in [-0.15, -0.1) is 0 Å². The Morgan fingerprint density at radius 3 is 2.62 bits per heavy atom. The summed E-state index contributed by atoms with van der Waals surface area (Å²) in [4.78, 5) is 16.4. The lowest BCUT2D eigenvalue weighted by atomic mass is 9.83. The average Bonchev–Trinajstić information content (AvgIpc) is 2.40. The van der Waals surface area contributed by atoms with Gasteiger partial charge in [0.05, 0.1) is 24.7 Å². The SMILES string of the molecule is O=c1cc(C2CCC2)ncn1CC(O)c1ccc(F)cc1. The van der Waals surface area contributed by atoms with E-state index in [0.717, 1.165) is 18.5 Å². The molecule has 1 atom stereocenters. The van der Waals surface area contributed by atoms with Crippen molar-refractivity contribution in [3.05, 3.63) is 64.1 Å². The second-order valence-corrected chi connectivity index (χ2v) is 5.50. The van der Waals surface area contributed by atoms with Crippen LogP contribution in [0.1, 0.15) is 42.5 Å². The smallest absolute Gasteiger partial charge is 0.253 e. The maximum atomic E-state index is 12.9. The minimum absolute atomic E-state index is 0.114. The molecule has 4 nitrogen and oxygen atoms in total. The summed E-state index contributed by atoms with van der Waals surface area (Å²) in [6, 6.07) is 7.17. The summed E-state index contributed by atoms with van der Waals surface area (Å²) >= 11 is 0. The van der Waals surface area contributed by atoms with Crippen LogP contribution in [0.4, 0.5) is 4.39 Å². The molecule has 1 fully saturated rings. The molecule has 0 saturated heterocycles. The number of hydrogen-bond donors (Lipinski definition) is 1. The molecule has 2 aromatic rings. The molecule has 0 spiro atoms. The van der Waals surface area contributed by atoms with Crippen molar-refractivity contribution in [2.24, 2.45) is 0 Å². The molecule has 0 aliphatic heterocycles. The third-order valence-corrected chi connectivity index (χ3v) is 4.05. The third kappa shape index (κ3) is 3.03. The summed E-state index contributed by atoms with van der Waals surface area (Å²) in [6.45, 7) is 0.114. The quantitative estimate of drug-likeness (QED) is 0.939. The number of benzene rings is 1. The average molecular weight is 288 g/mol. The van der Waals surface area contributed by atoms with E-state index in [4.69, 9.17) is 0 Å². The van der Waals surface area contributed by atoms with Gasteiger partial charge in [-0.25, -0.2) is 9.37 Å². The fourth-order valence-corrected chi connectivity index (χ4v) is 2.48. The van der Waals surface area contributed by atoms with Crippen LogP contribution in [-0.2, 0) is 6.54 Å². The van der Waals surface area contributed by atoms with Crippen molar-refractivity contribution in [3.8, 4) is 0 Å². The van der Waals surface area contributed by atoms with E-state index in [2.05, 4.69) is 4.98 Å². The molecule has 1 aliphatic rings. The molecule has 1 aromatic heterocycles. The highest BCUT2D eigenvalue weighted by Gasteiger charge is 2.21. The van der Waals surface area contributed by atoms with Crippen LogP contribution in [0.5, 0.6) is 0 Å². The van der Waals surface area contributed by atoms with Crippen LogP contribution in [-0.4, -0.2) is 14.7 Å². The normalized spacial score (nSPS) is 16.5. The molecule has 0 amide bonds. The second kappa shape index (κ2) is 5.77. The molecule has 21 heavy (non-hydrogen) atoms. The van der Waals surface area contributed by atoms with Crippen molar-refractivity contribution in [1.29, 1.82) is 0 Å². The molecule has 1 saturated carbocycles. The number of aromatic nitrogens is 2. The first kappa shape index (κ1) is 13.9. The van der Waals surface area contributed by atoms with E-state index < -0.39 is 6.10 Å². The molecule has 1 aromatic carbocycles. The Hall–Kier alpha value is -2.01. The summed E-state index contributed by atoms with van der Waals surface area (Å²) in [5.41, 5.74) is 1.26. The minimum atomic E-state index is -0.861. The zero-order chi connectivity index (χ0) is 14.8. The molecule has 110 valence electrons. The van der Waals surface area contributed by atoms with E-state index in [9.17, 15) is 14.3 Å². The zero-order valence-electron chi connectivity index (χ0n) is 11.6. The van der Waals surface area contributed by atoms with Crippen molar-refractivity contribution in [2.75, 3.05) is 0 Å². The molecule has 0 radical (unpaired) electrons. The summed E-state index contributed by atoms with van der Waals surface area (Å²) in [7, 11) is 0. The van der Waals surface area contributed by atoms with Crippen molar-refractivity contribution >= 4 is 0 Å². The fraction of sp³-hybridized carbons (Fsp3) is 0.375. The molecule has 1 N–H and O–H groups in total. The Morgan fingerprint density at radius 2 is 2.05 bits per heavy atom. The highest BCUT2D eigenvalue weighted by atomic mass is 19.1. The maximum absolute atomic E-state index is 12.9. The molecular formula is C16H17FN2O2. The lowest BCUT2D eigenvalue weighted by Crippen LogP contribution is -2.25. The van der Waals surface area contributed by atoms with Crippen molar-refractivity contribution in [3.63, 3.8) is 0 Å². The van der Waals surface area contributed by atoms with E-state index in [1.807, 2.05) is 0 Å². The van der Waals surface area contributed by atoms with Gasteiger partial charge in [0.15, 0.2) is 0 Å². The van der Waals surface area contributed by atoms with Gasteiger partial charge < -0.3 is 5.11 Å². The number of aliphatic hydroxyl groups is 1. The zero-order valence-corrected chi connectivity index (χ0v) is 11.6. The van der Waals surface area contributed by atoms with E-state index in [0.29, 0.717) is 11.5 Å². The number of rotatable bonds is 4. The summed E-state index contributed by atoms with van der Waals surface area (Å²) in [5.74, 6) is 0.0593. The molecule has 1 aliphatic carbocycles. The summed E-state index contributed by atoms with van der Waals surface area (Å²) in [5, 5.41) is 10.1. The van der Waals surface area contributed by atoms with Crippen LogP contribution >= 0.6 is 0 Å². The topological polar surface area (TPSA) is 55.1 Å². The largest absolute Gasteiger partial charge is 0.387 e. The van der Waals surface area contributed by atoms with Gasteiger partial charge in [-0.3, -0.25) is 9.36 Å². The van der Waals surface area contributed by atoms with Gasteiger partial charge in [-0.1, -0.05) is 18.6 Å². The van der Waals surface area contributed by atoms with Crippen LogP contribution in [0.3, 0.4) is 0 Å². The first-order valence-electron chi connectivity index (χ1n) is 7.13. The van der Waals surface area contributed by atoms with Gasteiger partial charge >= 0.3 is 0 Å². The summed E-state index contributed by atoms with van der Waals surface area (Å²) in [6.07, 6.45) is 4.00. The van der Waals surface area contributed by atoms with Gasteiger partial charge in [0.25, 0.3) is 5.56 Å². The van der Waals surface area contributed by atoms with Crippen molar-refractivity contribution in [2.45, 2.75) is 37.8 Å². The van der Waals surface area contributed by atoms with Gasteiger partial charge in [-0.05, 0) is 30.5 Å². The van der Waals surface area contributed by atoms with Crippen LogP contribution in [0.15, 0.2) is 41.5 Å². The molecule has 5 heteroatoms. The first-order valence-corrected chi connectivity index (χ1v) is 7.13. The highest BCUT2D eigenvalue weighted by Crippen LogP contribution is 2.34. The number of halogens is 1. The Balaban J connectivity index is 1.75. The summed E-state index contributed by atoms with van der Waals surface area (Å²) < 4.78 is 14.2. The molecule has 0 bridgehead atoms. The molecule has 1 heterocycles. The maximum Gasteiger partial charge on any atom is 0.253 e. The third-order valence-electron chi connectivity index (χ3n) is 4.05. The van der Waals surface area contributed by atoms with Gasteiger partial charge in [0.1, 0.15) is 5.82 Å². The van der Waals surface area contributed by atoms with Gasteiger partial charge in [0.2, 0.25) is 0 Å². The Morgan fingerprint density at radius 1 is 1.33 bits per heavy atom. The fourth-order valence-electron chi connectivity index (χ4n) is 2.48. The van der Waals surface area contributed by atoms with E-state index >= 15 is 0 Å². The molecule has 3 rings (SSSR count). The van der Waals surface area contributed by atoms with Gasteiger partial charge in [-0.2, -0.15) is 0 Å². The van der Waals surface area contributed by atoms with E-state index in [1.165, 1.54) is 41.6 Å². The van der Waals surface area contributed by atoms with Gasteiger partial charge in [0, 0.05) is 12.0 Å². The predicted molar refractivity (Wildman–Crippen MR) is 76.4 cm³/mol. The highest BCUT2D eigenvalue weighted by molar-refractivity contribution is 5.18. The van der Waals surface area contributed by atoms with Crippen LogP contribution in [0.2, 0.25) is 0 Å². The number of nitrogens with zero attached hydrogens (tertiary/aromatic N) is 2. The van der Waals surface area contributed by atoms with Crippen LogP contribution in [0, 0.1) is 5.82 Å². The predicted octanol–water partition coefficient (Wildman–Crippen LogP) is 2.38. The second-order valence-electron chi connectivity index (χ2n) is 5.50. The van der Waals surface area contributed by atoms with E-state index in [-0.39, 0.29) is 17.9 Å². The number of hydrogen-bond acceptors (Lipinski definition) is 3. The van der Waals surface area contributed by atoms with Crippen LogP contribution < -0.4 is 5.56 Å². The Kier molecular flexibility index (Phi) is 3.84. The van der Waals surface area contributed by atoms with Crippen LogP contribution in [0.25, 0.3) is 0 Å².